The Morgan fingerprint density at radius 1 is 0.977 bits per heavy atom. The number of hydrogen-bond donors (Lipinski definition) is 0. The number of thiazole rings is 1. The van der Waals surface area contributed by atoms with Crippen LogP contribution in [0.15, 0.2) is 106 Å². The maximum atomic E-state index is 14.3. The number of carbonyl (C=O) groups is 1. The minimum absolute atomic E-state index is 0.190. The smallest absolute Gasteiger partial charge is 0.338 e. The molecule has 5 aromatic rings. The number of carbonyl (C=O) groups excluding carboxylic acids is 1. The predicted octanol–water partition coefficient (Wildman–Crippen LogP) is 6.47. The topological polar surface area (TPSA) is 65.6 Å². The molecule has 0 amide bonds. The highest BCUT2D eigenvalue weighted by Gasteiger charge is 2.35. The maximum Gasteiger partial charge on any atom is 0.338 e. The van der Waals surface area contributed by atoms with Crippen molar-refractivity contribution in [1.82, 2.24) is 9.13 Å². The first-order valence-electron chi connectivity index (χ1n) is 14.9. The highest BCUT2D eigenvalue weighted by molar-refractivity contribution is 7.07. The van der Waals surface area contributed by atoms with Gasteiger partial charge in [-0.25, -0.2) is 9.79 Å². The largest absolute Gasteiger partial charge is 0.463 e. The van der Waals surface area contributed by atoms with E-state index >= 15 is 0 Å². The molecular formula is C37H35N3O3S. The summed E-state index contributed by atoms with van der Waals surface area (Å²) in [6.45, 7) is 10.4. The molecule has 0 saturated carbocycles. The van der Waals surface area contributed by atoms with Crippen molar-refractivity contribution < 1.29 is 9.53 Å². The first-order chi connectivity index (χ1) is 21.3. The zero-order chi connectivity index (χ0) is 31.0. The van der Waals surface area contributed by atoms with E-state index in [1.54, 1.807) is 11.5 Å². The number of para-hydroxylation sites is 1. The van der Waals surface area contributed by atoms with E-state index in [0.29, 0.717) is 26.5 Å². The lowest BCUT2D eigenvalue weighted by molar-refractivity contribution is -0.138. The Bertz CT molecular complexity index is 2050. The molecule has 0 N–H and O–H groups in total. The van der Waals surface area contributed by atoms with Crippen LogP contribution in [0.1, 0.15) is 66.4 Å². The molecule has 0 unspecified atom stereocenters. The van der Waals surface area contributed by atoms with Gasteiger partial charge in [0.05, 0.1) is 28.5 Å². The number of rotatable bonds is 7. The molecule has 1 aliphatic rings. The van der Waals surface area contributed by atoms with Crippen molar-refractivity contribution in [3.8, 4) is 5.69 Å². The third-order valence-corrected chi connectivity index (χ3v) is 9.05. The zero-order valence-corrected chi connectivity index (χ0v) is 26.4. The van der Waals surface area contributed by atoms with E-state index in [1.165, 1.54) is 16.9 Å². The average Bonchev–Trinajstić information content (AvgIpc) is 3.50. The van der Waals surface area contributed by atoms with Crippen molar-refractivity contribution in [2.45, 2.75) is 46.6 Å². The number of ether oxygens (including phenoxy) is 1. The van der Waals surface area contributed by atoms with Crippen LogP contribution >= 0.6 is 11.3 Å². The molecule has 0 aliphatic carbocycles. The number of aromatic nitrogens is 2. The molecule has 6 nitrogen and oxygen atoms in total. The molecule has 0 radical (unpaired) electrons. The van der Waals surface area contributed by atoms with Gasteiger partial charge in [-0.1, -0.05) is 98.0 Å². The van der Waals surface area contributed by atoms with Gasteiger partial charge in [0.25, 0.3) is 5.56 Å². The fourth-order valence-corrected chi connectivity index (χ4v) is 6.86. The van der Waals surface area contributed by atoms with Crippen LogP contribution in [0.2, 0.25) is 0 Å². The van der Waals surface area contributed by atoms with Crippen molar-refractivity contribution in [3.63, 3.8) is 0 Å². The molecule has 0 fully saturated rings. The van der Waals surface area contributed by atoms with Crippen molar-refractivity contribution >= 4 is 29.1 Å². The summed E-state index contributed by atoms with van der Waals surface area (Å²) in [5, 5.41) is 0. The number of benzene rings is 3. The van der Waals surface area contributed by atoms with E-state index in [1.807, 2.05) is 66.7 Å². The third-order valence-electron chi connectivity index (χ3n) is 8.06. The number of esters is 1. The highest BCUT2D eigenvalue weighted by Crippen LogP contribution is 2.35. The van der Waals surface area contributed by atoms with Crippen molar-refractivity contribution in [1.29, 1.82) is 0 Å². The Kier molecular flexibility index (Phi) is 8.06. The van der Waals surface area contributed by atoms with Gasteiger partial charge in [0.2, 0.25) is 0 Å². The fraction of sp³-hybridized carbons (Fsp3) is 0.216. The zero-order valence-electron chi connectivity index (χ0n) is 25.6. The second-order valence-corrected chi connectivity index (χ2v) is 12.3. The number of nitrogens with zero attached hydrogens (tertiary/aromatic N) is 3. The minimum atomic E-state index is -0.694. The molecule has 222 valence electrons. The van der Waals surface area contributed by atoms with Crippen LogP contribution in [-0.4, -0.2) is 21.7 Å². The Morgan fingerprint density at radius 3 is 2.27 bits per heavy atom. The Hall–Kier alpha value is -4.75. The predicted molar refractivity (Wildman–Crippen MR) is 177 cm³/mol. The van der Waals surface area contributed by atoms with Gasteiger partial charge < -0.3 is 9.30 Å². The molecule has 44 heavy (non-hydrogen) atoms. The summed E-state index contributed by atoms with van der Waals surface area (Å²) in [7, 11) is 0. The van der Waals surface area contributed by atoms with E-state index in [9.17, 15) is 9.59 Å². The molecular weight excluding hydrogens is 566 g/mol. The van der Waals surface area contributed by atoms with Crippen LogP contribution in [0.3, 0.4) is 0 Å². The van der Waals surface area contributed by atoms with Crippen LogP contribution in [0.5, 0.6) is 0 Å². The second-order valence-electron chi connectivity index (χ2n) is 11.3. The lowest BCUT2D eigenvalue weighted by Gasteiger charge is -2.26. The SMILES string of the molecule is CCOC(=O)C1=C(c2ccccc2)N=c2s/c(=C\c3cc(C)n(-c4ccccc4)c3C)c(=O)n2[C@H]1c1ccc(C(C)C)cc1. The molecule has 3 aromatic carbocycles. The van der Waals surface area contributed by atoms with Gasteiger partial charge in [-0.2, -0.15) is 0 Å². The molecule has 1 aliphatic heterocycles. The number of aryl methyl sites for hydroxylation is 1. The lowest BCUT2D eigenvalue weighted by Crippen LogP contribution is -2.40. The summed E-state index contributed by atoms with van der Waals surface area (Å²) in [4.78, 5) is 33.6. The molecule has 2 aromatic heterocycles. The summed E-state index contributed by atoms with van der Waals surface area (Å²) >= 11 is 1.34. The Morgan fingerprint density at radius 2 is 1.64 bits per heavy atom. The summed E-state index contributed by atoms with van der Waals surface area (Å²) < 4.78 is 10.0. The quantitative estimate of drug-likeness (QED) is 0.201. The van der Waals surface area contributed by atoms with Gasteiger partial charge >= 0.3 is 5.97 Å². The van der Waals surface area contributed by atoms with E-state index in [4.69, 9.17) is 9.73 Å². The first-order valence-corrected chi connectivity index (χ1v) is 15.7. The lowest BCUT2D eigenvalue weighted by atomic mass is 9.91. The van der Waals surface area contributed by atoms with Crippen molar-refractivity contribution in [3.05, 3.63) is 150 Å². The van der Waals surface area contributed by atoms with E-state index in [-0.39, 0.29) is 12.2 Å². The average molecular weight is 602 g/mol. The van der Waals surface area contributed by atoms with E-state index in [0.717, 1.165) is 33.8 Å². The second kappa shape index (κ2) is 12.1. The van der Waals surface area contributed by atoms with Gasteiger partial charge in [0.15, 0.2) is 4.80 Å². The van der Waals surface area contributed by atoms with Gasteiger partial charge in [-0.15, -0.1) is 0 Å². The molecule has 0 saturated heterocycles. The summed E-state index contributed by atoms with van der Waals surface area (Å²) in [6.07, 6.45) is 1.95. The van der Waals surface area contributed by atoms with Crippen LogP contribution in [-0.2, 0) is 9.53 Å². The summed E-state index contributed by atoms with van der Waals surface area (Å²) in [6, 6.07) is 29.4. The monoisotopic (exact) mass is 601 g/mol. The molecule has 6 rings (SSSR count). The van der Waals surface area contributed by atoms with Gasteiger partial charge in [-0.05, 0) is 67.7 Å². The molecule has 7 heteroatoms. The molecule has 0 spiro atoms. The van der Waals surface area contributed by atoms with Gasteiger partial charge in [0.1, 0.15) is 0 Å². The van der Waals surface area contributed by atoms with Crippen LogP contribution in [0.25, 0.3) is 17.5 Å². The highest BCUT2D eigenvalue weighted by atomic mass is 32.1. The van der Waals surface area contributed by atoms with Crippen LogP contribution < -0.4 is 14.9 Å². The van der Waals surface area contributed by atoms with E-state index < -0.39 is 12.0 Å². The van der Waals surface area contributed by atoms with Crippen molar-refractivity contribution in [2.75, 3.05) is 6.61 Å². The van der Waals surface area contributed by atoms with Crippen LogP contribution in [0.4, 0.5) is 0 Å². The number of hydrogen-bond acceptors (Lipinski definition) is 5. The summed E-state index contributed by atoms with van der Waals surface area (Å²) in [5.41, 5.74) is 7.64. The fourth-order valence-electron chi connectivity index (χ4n) is 5.87. The molecule has 0 bridgehead atoms. The maximum absolute atomic E-state index is 14.3. The third kappa shape index (κ3) is 5.28. The normalized spacial score (nSPS) is 15.0. The van der Waals surface area contributed by atoms with Crippen molar-refractivity contribution in [2.24, 2.45) is 4.99 Å². The summed E-state index contributed by atoms with van der Waals surface area (Å²) in [5.74, 6) is -0.130. The van der Waals surface area contributed by atoms with Crippen LogP contribution in [0, 0.1) is 13.8 Å². The molecule has 3 heterocycles. The Balaban J connectivity index is 1.60. The standard InChI is InChI=1S/C37H35N3O3S/c1-6-43-36(42)32-33(27-13-9-7-10-14-27)38-37-40(34(32)28-19-17-26(18-20-28)23(2)3)35(41)31(44-37)22-29-21-24(4)39(25(29)5)30-15-11-8-12-16-30/h7-23,34H,6H2,1-5H3/b31-22-/t34-/m0/s1. The minimum Gasteiger partial charge on any atom is -0.463 e. The number of fused-ring (bicyclic) bond motifs is 1. The van der Waals surface area contributed by atoms with Gasteiger partial charge in [0, 0.05) is 22.6 Å². The van der Waals surface area contributed by atoms with Gasteiger partial charge in [-0.3, -0.25) is 9.36 Å². The first kappa shape index (κ1) is 29.3. The van der Waals surface area contributed by atoms with E-state index in [2.05, 4.69) is 62.6 Å². The molecule has 1 atom stereocenters. The Labute approximate surface area is 260 Å².